The van der Waals surface area contributed by atoms with Gasteiger partial charge in [-0.2, -0.15) is 0 Å². The van der Waals surface area contributed by atoms with Crippen LogP contribution in [0.15, 0.2) is 0 Å². The Labute approximate surface area is 110 Å². The molecule has 2 aliphatic heterocycles. The van der Waals surface area contributed by atoms with Gasteiger partial charge in [0, 0.05) is 20.0 Å². The minimum absolute atomic E-state index is 0.201. The molecule has 104 valence electrons. The third kappa shape index (κ3) is 4.25. The average Bonchev–Trinajstić information content (AvgIpc) is 2.42. The lowest BCUT2D eigenvalue weighted by Crippen LogP contribution is -2.40. The SMILES string of the molecule is CNC(=O)CC1CCN(CC2CCNCC2)CC1. The number of carbonyl (C=O) groups is 1. The van der Waals surface area contributed by atoms with Crippen LogP contribution in [0.4, 0.5) is 0 Å². The minimum Gasteiger partial charge on any atom is -0.359 e. The molecule has 0 aliphatic carbocycles. The average molecular weight is 253 g/mol. The first kappa shape index (κ1) is 13.8. The smallest absolute Gasteiger partial charge is 0.220 e. The van der Waals surface area contributed by atoms with Crippen molar-refractivity contribution in [1.82, 2.24) is 15.5 Å². The Kier molecular flexibility index (Phi) is 5.45. The summed E-state index contributed by atoms with van der Waals surface area (Å²) in [6, 6.07) is 0. The number of nitrogens with zero attached hydrogens (tertiary/aromatic N) is 1. The lowest BCUT2D eigenvalue weighted by Gasteiger charge is -2.35. The van der Waals surface area contributed by atoms with Gasteiger partial charge in [0.15, 0.2) is 0 Å². The fourth-order valence-corrected chi connectivity index (χ4v) is 3.17. The van der Waals surface area contributed by atoms with E-state index in [1.807, 2.05) is 0 Å². The molecule has 0 unspecified atom stereocenters. The second-order valence-corrected chi connectivity index (χ2v) is 5.81. The van der Waals surface area contributed by atoms with Gasteiger partial charge in [-0.1, -0.05) is 0 Å². The molecule has 1 amide bonds. The number of likely N-dealkylation sites (tertiary alicyclic amines) is 1. The molecule has 2 saturated heterocycles. The van der Waals surface area contributed by atoms with Gasteiger partial charge < -0.3 is 15.5 Å². The van der Waals surface area contributed by atoms with E-state index in [0.29, 0.717) is 5.92 Å². The van der Waals surface area contributed by atoms with Gasteiger partial charge >= 0.3 is 0 Å². The third-order valence-electron chi connectivity index (χ3n) is 4.44. The molecule has 18 heavy (non-hydrogen) atoms. The first-order chi connectivity index (χ1) is 8.78. The van der Waals surface area contributed by atoms with Crippen LogP contribution < -0.4 is 10.6 Å². The normalized spacial score (nSPS) is 24.1. The summed E-state index contributed by atoms with van der Waals surface area (Å²) in [5.74, 6) is 1.70. The first-order valence-corrected chi connectivity index (χ1v) is 7.41. The molecule has 0 atom stereocenters. The molecule has 0 aromatic rings. The molecule has 4 nitrogen and oxygen atoms in total. The number of piperidine rings is 2. The maximum atomic E-state index is 11.3. The zero-order valence-electron chi connectivity index (χ0n) is 11.6. The molecule has 0 bridgehead atoms. The van der Waals surface area contributed by atoms with Crippen LogP contribution in [0, 0.1) is 11.8 Å². The van der Waals surface area contributed by atoms with E-state index in [1.54, 1.807) is 7.05 Å². The topological polar surface area (TPSA) is 44.4 Å². The van der Waals surface area contributed by atoms with Crippen LogP contribution in [0.3, 0.4) is 0 Å². The molecule has 0 aromatic heterocycles. The lowest BCUT2D eigenvalue weighted by molar-refractivity contribution is -0.121. The van der Waals surface area contributed by atoms with Gasteiger partial charge in [-0.15, -0.1) is 0 Å². The van der Waals surface area contributed by atoms with E-state index < -0.39 is 0 Å². The summed E-state index contributed by atoms with van der Waals surface area (Å²) >= 11 is 0. The van der Waals surface area contributed by atoms with Gasteiger partial charge in [0.25, 0.3) is 0 Å². The fourth-order valence-electron chi connectivity index (χ4n) is 3.17. The van der Waals surface area contributed by atoms with Crippen molar-refractivity contribution in [3.8, 4) is 0 Å². The zero-order chi connectivity index (χ0) is 12.8. The highest BCUT2D eigenvalue weighted by atomic mass is 16.1. The summed E-state index contributed by atoms with van der Waals surface area (Å²) in [7, 11) is 1.73. The van der Waals surface area contributed by atoms with E-state index >= 15 is 0 Å². The van der Waals surface area contributed by atoms with E-state index in [2.05, 4.69) is 15.5 Å². The number of rotatable bonds is 4. The molecule has 0 spiro atoms. The monoisotopic (exact) mass is 253 g/mol. The molecular formula is C14H27N3O. The van der Waals surface area contributed by atoms with Gasteiger partial charge in [0.1, 0.15) is 0 Å². The van der Waals surface area contributed by atoms with Gasteiger partial charge in [-0.3, -0.25) is 4.79 Å². The number of amides is 1. The Morgan fingerprint density at radius 1 is 1.17 bits per heavy atom. The predicted octanol–water partition coefficient (Wildman–Crippen LogP) is 0.834. The summed E-state index contributed by atoms with van der Waals surface area (Å²) in [5, 5.41) is 6.15. The van der Waals surface area contributed by atoms with Gasteiger partial charge in [0.2, 0.25) is 5.91 Å². The van der Waals surface area contributed by atoms with Gasteiger partial charge in [0.05, 0.1) is 0 Å². The van der Waals surface area contributed by atoms with Crippen molar-refractivity contribution >= 4 is 5.91 Å². The van der Waals surface area contributed by atoms with Crippen molar-refractivity contribution in [3.63, 3.8) is 0 Å². The second kappa shape index (κ2) is 7.10. The van der Waals surface area contributed by atoms with Crippen molar-refractivity contribution in [1.29, 1.82) is 0 Å². The molecular weight excluding hydrogens is 226 g/mol. The molecule has 2 aliphatic rings. The van der Waals surface area contributed by atoms with Crippen LogP contribution >= 0.6 is 0 Å². The maximum Gasteiger partial charge on any atom is 0.220 e. The van der Waals surface area contributed by atoms with E-state index in [0.717, 1.165) is 12.3 Å². The summed E-state index contributed by atoms with van der Waals surface area (Å²) in [5.41, 5.74) is 0. The molecule has 2 rings (SSSR count). The maximum absolute atomic E-state index is 11.3. The van der Waals surface area contributed by atoms with Crippen LogP contribution in [0.1, 0.15) is 32.1 Å². The summed E-state index contributed by atoms with van der Waals surface area (Å²) in [6.07, 6.45) is 5.77. The van der Waals surface area contributed by atoms with Gasteiger partial charge in [-0.25, -0.2) is 0 Å². The van der Waals surface area contributed by atoms with Crippen molar-refractivity contribution < 1.29 is 4.79 Å². The van der Waals surface area contributed by atoms with E-state index in [-0.39, 0.29) is 5.91 Å². The minimum atomic E-state index is 0.201. The molecule has 2 N–H and O–H groups in total. The van der Waals surface area contributed by atoms with E-state index in [1.165, 1.54) is 58.4 Å². The number of hydrogen-bond acceptors (Lipinski definition) is 3. The Balaban J connectivity index is 1.65. The quantitative estimate of drug-likeness (QED) is 0.780. The Morgan fingerprint density at radius 3 is 2.44 bits per heavy atom. The summed E-state index contributed by atoms with van der Waals surface area (Å²) in [4.78, 5) is 14.0. The number of nitrogens with one attached hydrogen (secondary N) is 2. The molecule has 2 heterocycles. The largest absolute Gasteiger partial charge is 0.359 e. The number of carbonyl (C=O) groups excluding carboxylic acids is 1. The Hall–Kier alpha value is -0.610. The Bertz CT molecular complexity index is 256. The van der Waals surface area contributed by atoms with Crippen LogP contribution in [-0.2, 0) is 4.79 Å². The summed E-state index contributed by atoms with van der Waals surface area (Å²) in [6.45, 7) is 6.03. The molecule has 0 saturated carbocycles. The van der Waals surface area contributed by atoms with Crippen molar-refractivity contribution in [2.45, 2.75) is 32.1 Å². The van der Waals surface area contributed by atoms with E-state index in [4.69, 9.17) is 0 Å². The highest BCUT2D eigenvalue weighted by molar-refractivity contribution is 5.75. The number of hydrogen-bond donors (Lipinski definition) is 2. The van der Waals surface area contributed by atoms with Crippen LogP contribution in [0.5, 0.6) is 0 Å². The van der Waals surface area contributed by atoms with Crippen LogP contribution in [-0.4, -0.2) is 50.6 Å². The van der Waals surface area contributed by atoms with Crippen LogP contribution in [0.2, 0.25) is 0 Å². The van der Waals surface area contributed by atoms with Crippen LogP contribution in [0.25, 0.3) is 0 Å². The van der Waals surface area contributed by atoms with Crippen molar-refractivity contribution in [3.05, 3.63) is 0 Å². The molecule has 0 radical (unpaired) electrons. The van der Waals surface area contributed by atoms with Crippen molar-refractivity contribution in [2.75, 3.05) is 39.8 Å². The predicted molar refractivity (Wildman–Crippen MR) is 73.4 cm³/mol. The van der Waals surface area contributed by atoms with Gasteiger partial charge in [-0.05, 0) is 63.7 Å². The molecule has 0 aromatic carbocycles. The second-order valence-electron chi connectivity index (χ2n) is 5.81. The highest BCUT2D eigenvalue weighted by Gasteiger charge is 2.23. The Morgan fingerprint density at radius 2 is 1.83 bits per heavy atom. The zero-order valence-corrected chi connectivity index (χ0v) is 11.6. The first-order valence-electron chi connectivity index (χ1n) is 7.41. The fraction of sp³-hybridized carbons (Fsp3) is 0.929. The third-order valence-corrected chi connectivity index (χ3v) is 4.44. The van der Waals surface area contributed by atoms with E-state index in [9.17, 15) is 4.79 Å². The molecule has 4 heteroatoms. The van der Waals surface area contributed by atoms with Crippen molar-refractivity contribution in [2.24, 2.45) is 11.8 Å². The lowest BCUT2D eigenvalue weighted by atomic mass is 9.91. The molecule has 2 fully saturated rings. The standard InChI is InChI=1S/C14H27N3O/c1-15-14(18)10-12-4-8-17(9-5-12)11-13-2-6-16-7-3-13/h12-13,16H,2-11H2,1H3,(H,15,18). The highest BCUT2D eigenvalue weighted by Crippen LogP contribution is 2.22. The summed E-state index contributed by atoms with van der Waals surface area (Å²) < 4.78 is 0.